The van der Waals surface area contributed by atoms with Gasteiger partial charge in [0.05, 0.1) is 13.2 Å². The Labute approximate surface area is 303 Å². The molecule has 3 heterocycles. The van der Waals surface area contributed by atoms with Crippen LogP contribution in [0.1, 0.15) is 71.1 Å². The zero-order valence-corrected chi connectivity index (χ0v) is 30.6. The summed E-state index contributed by atoms with van der Waals surface area (Å²) in [5, 5.41) is 17.4. The number of nitrogens with one attached hydrogen (secondary N) is 3. The molecule has 51 heavy (non-hydrogen) atoms. The number of aliphatic imine (C=N–C) groups is 1. The minimum Gasteiger partial charge on any atom is -0.394 e. The van der Waals surface area contributed by atoms with E-state index in [-0.39, 0.29) is 42.3 Å². The topological polar surface area (TPSA) is 250 Å². The lowest BCUT2D eigenvalue weighted by molar-refractivity contribution is -0.149. The van der Waals surface area contributed by atoms with Crippen molar-refractivity contribution in [3.8, 4) is 0 Å². The number of carbonyl (C=O) groups is 7. The summed E-state index contributed by atoms with van der Waals surface area (Å²) < 4.78 is 0. The van der Waals surface area contributed by atoms with E-state index in [0.717, 1.165) is 12.8 Å². The van der Waals surface area contributed by atoms with E-state index < -0.39 is 61.0 Å². The van der Waals surface area contributed by atoms with Crippen molar-refractivity contribution in [1.29, 1.82) is 0 Å². The SMILES string of the molecule is CSCC[C@H](NC(=O)[C@H]1CCCN1C(=O)[C@H]1CCCN1C(=O)C(CCCN=C(N)N)CC(C)=O)C(=O)NCC(=O)N[C@@H](CO)C(=O)N1CCCC1. The third-order valence-electron chi connectivity index (χ3n) is 9.45. The molecule has 8 N–H and O–H groups in total. The number of amides is 6. The van der Waals surface area contributed by atoms with Crippen LogP contribution in [0.5, 0.6) is 0 Å². The van der Waals surface area contributed by atoms with Gasteiger partial charge in [-0.1, -0.05) is 0 Å². The first-order valence-electron chi connectivity index (χ1n) is 17.8. The summed E-state index contributed by atoms with van der Waals surface area (Å²) in [5.41, 5.74) is 10.8. The Balaban J connectivity index is 1.61. The van der Waals surface area contributed by atoms with Crippen LogP contribution in [0, 0.1) is 5.92 Å². The van der Waals surface area contributed by atoms with Crippen LogP contribution in [0.3, 0.4) is 0 Å². The van der Waals surface area contributed by atoms with Gasteiger partial charge in [0.25, 0.3) is 0 Å². The molecule has 3 rings (SSSR count). The predicted octanol–water partition coefficient (Wildman–Crippen LogP) is -1.93. The summed E-state index contributed by atoms with van der Waals surface area (Å²) in [6.45, 7) is 2.48. The zero-order chi connectivity index (χ0) is 37.5. The molecular weight excluding hydrogens is 682 g/mol. The van der Waals surface area contributed by atoms with Crippen molar-refractivity contribution >= 4 is 58.9 Å². The number of thioether (sulfide) groups is 1. The normalized spacial score (nSPS) is 20.3. The number of guanidine groups is 1. The number of likely N-dealkylation sites (tertiary alicyclic amines) is 3. The lowest BCUT2D eigenvalue weighted by atomic mass is 9.95. The lowest BCUT2D eigenvalue weighted by Gasteiger charge is -2.33. The third kappa shape index (κ3) is 12.4. The number of aliphatic hydroxyl groups excluding tert-OH is 1. The number of nitrogens with zero attached hydrogens (tertiary/aromatic N) is 4. The average molecular weight is 738 g/mol. The zero-order valence-electron chi connectivity index (χ0n) is 29.8. The standard InChI is InChI=1S/C33H55N9O8S/c1-21(44)18-22(8-5-12-36-33(34)35)30(48)42-16-7-10-26(42)32(50)41-15-6-9-25(41)29(47)39-23(11-17-51-2)28(46)37-19-27(45)38-24(20-43)31(49)40-13-3-4-14-40/h22-26,43H,3-20H2,1-2H3,(H,37,46)(H,38,45)(H,39,47)(H4,34,35,36)/t22?,23-,24-,25+,26+/m0/s1. The fourth-order valence-electron chi connectivity index (χ4n) is 6.87. The molecule has 6 amide bonds. The van der Waals surface area contributed by atoms with Gasteiger partial charge in [0, 0.05) is 45.1 Å². The van der Waals surface area contributed by atoms with Gasteiger partial charge in [0.15, 0.2) is 5.96 Å². The quantitative estimate of drug-likeness (QED) is 0.0484. The molecule has 0 aromatic carbocycles. The largest absolute Gasteiger partial charge is 0.394 e. The van der Waals surface area contributed by atoms with E-state index in [9.17, 15) is 38.7 Å². The molecular formula is C33H55N9O8S. The monoisotopic (exact) mass is 737 g/mol. The molecule has 3 aliphatic rings. The smallest absolute Gasteiger partial charge is 0.247 e. The fourth-order valence-corrected chi connectivity index (χ4v) is 7.35. The van der Waals surface area contributed by atoms with E-state index in [2.05, 4.69) is 20.9 Å². The van der Waals surface area contributed by atoms with E-state index in [1.54, 1.807) is 4.90 Å². The van der Waals surface area contributed by atoms with Crippen molar-refractivity contribution in [2.45, 2.75) is 95.3 Å². The van der Waals surface area contributed by atoms with Gasteiger partial charge < -0.3 is 52.0 Å². The second-order valence-electron chi connectivity index (χ2n) is 13.3. The first-order valence-corrected chi connectivity index (χ1v) is 19.2. The third-order valence-corrected chi connectivity index (χ3v) is 10.1. The van der Waals surface area contributed by atoms with Crippen LogP contribution in [0.25, 0.3) is 0 Å². The molecule has 3 fully saturated rings. The van der Waals surface area contributed by atoms with Gasteiger partial charge >= 0.3 is 0 Å². The number of aliphatic hydroxyl groups is 1. The number of rotatable bonds is 19. The Kier molecular flexibility index (Phi) is 16.9. The molecule has 5 atom stereocenters. The molecule has 0 radical (unpaired) electrons. The first kappa shape index (κ1) is 41.5. The van der Waals surface area contributed by atoms with Crippen molar-refractivity contribution in [3.05, 3.63) is 0 Å². The molecule has 3 saturated heterocycles. The van der Waals surface area contributed by atoms with Gasteiger partial charge in [-0.3, -0.25) is 33.8 Å². The van der Waals surface area contributed by atoms with E-state index in [4.69, 9.17) is 11.5 Å². The van der Waals surface area contributed by atoms with Crippen molar-refractivity contribution < 1.29 is 38.7 Å². The van der Waals surface area contributed by atoms with Crippen molar-refractivity contribution in [1.82, 2.24) is 30.7 Å². The van der Waals surface area contributed by atoms with E-state index in [0.29, 0.717) is 77.0 Å². The molecule has 3 aliphatic heterocycles. The summed E-state index contributed by atoms with van der Waals surface area (Å²) >= 11 is 1.47. The highest BCUT2D eigenvalue weighted by atomic mass is 32.2. The number of nitrogens with two attached hydrogens (primary N) is 2. The van der Waals surface area contributed by atoms with E-state index >= 15 is 0 Å². The summed E-state index contributed by atoms with van der Waals surface area (Å²) in [6, 6.07) is -3.73. The van der Waals surface area contributed by atoms with Crippen molar-refractivity contribution in [2.75, 3.05) is 57.9 Å². The van der Waals surface area contributed by atoms with Gasteiger partial charge in [-0.2, -0.15) is 11.8 Å². The molecule has 286 valence electrons. The molecule has 17 nitrogen and oxygen atoms in total. The van der Waals surface area contributed by atoms with Crippen LogP contribution in [-0.4, -0.2) is 149 Å². The molecule has 18 heteroatoms. The molecule has 0 spiro atoms. The second kappa shape index (κ2) is 20.8. The Morgan fingerprint density at radius 3 is 2.16 bits per heavy atom. The molecule has 0 saturated carbocycles. The number of ketones is 1. The molecule has 0 bridgehead atoms. The van der Waals surface area contributed by atoms with Crippen LogP contribution in [0.15, 0.2) is 4.99 Å². The minimum absolute atomic E-state index is 0.0344. The predicted molar refractivity (Wildman–Crippen MR) is 191 cm³/mol. The summed E-state index contributed by atoms with van der Waals surface area (Å²) in [5.74, 6) is -3.07. The Morgan fingerprint density at radius 1 is 0.863 bits per heavy atom. The number of carbonyl (C=O) groups excluding carboxylic acids is 7. The average Bonchev–Trinajstić information content (AvgIpc) is 3.90. The highest BCUT2D eigenvalue weighted by molar-refractivity contribution is 7.98. The van der Waals surface area contributed by atoms with Crippen molar-refractivity contribution in [3.63, 3.8) is 0 Å². The summed E-state index contributed by atoms with van der Waals surface area (Å²) in [6.07, 6.45) is 6.70. The van der Waals surface area contributed by atoms with E-state index in [1.165, 1.54) is 28.5 Å². The molecule has 0 aliphatic carbocycles. The van der Waals surface area contributed by atoms with Crippen molar-refractivity contribution in [2.24, 2.45) is 22.4 Å². The van der Waals surface area contributed by atoms with Gasteiger partial charge in [-0.15, -0.1) is 0 Å². The highest BCUT2D eigenvalue weighted by Gasteiger charge is 2.44. The molecule has 1 unspecified atom stereocenters. The Bertz CT molecular complexity index is 1290. The van der Waals surface area contributed by atoms with Crippen LogP contribution in [0.2, 0.25) is 0 Å². The maximum absolute atomic E-state index is 13.9. The second-order valence-corrected chi connectivity index (χ2v) is 14.3. The van der Waals surface area contributed by atoms with Crippen LogP contribution >= 0.6 is 11.8 Å². The van der Waals surface area contributed by atoms with Gasteiger partial charge in [0.2, 0.25) is 35.4 Å². The maximum Gasteiger partial charge on any atom is 0.247 e. The first-order chi connectivity index (χ1) is 24.4. The van der Waals surface area contributed by atoms with Gasteiger partial charge in [-0.25, -0.2) is 0 Å². The number of Topliss-reactive ketones (excluding diaryl/α,β-unsaturated/α-hetero) is 1. The Morgan fingerprint density at radius 2 is 1.53 bits per heavy atom. The summed E-state index contributed by atoms with van der Waals surface area (Å²) in [4.78, 5) is 100. The molecule has 0 aromatic rings. The Hall–Kier alpha value is -3.93. The number of hydrogen-bond donors (Lipinski definition) is 6. The summed E-state index contributed by atoms with van der Waals surface area (Å²) in [7, 11) is 0. The van der Waals surface area contributed by atoms with Gasteiger partial charge in [-0.05, 0) is 76.7 Å². The lowest BCUT2D eigenvalue weighted by Crippen LogP contribution is -2.57. The fraction of sp³-hybridized carbons (Fsp3) is 0.758. The molecule has 0 aromatic heterocycles. The highest BCUT2D eigenvalue weighted by Crippen LogP contribution is 2.28. The van der Waals surface area contributed by atoms with Crippen LogP contribution in [0.4, 0.5) is 0 Å². The van der Waals surface area contributed by atoms with Gasteiger partial charge in [0.1, 0.15) is 30.0 Å². The van der Waals surface area contributed by atoms with E-state index in [1.807, 2.05) is 6.26 Å². The van der Waals surface area contributed by atoms with Crippen LogP contribution in [-0.2, 0) is 33.6 Å². The number of hydrogen-bond acceptors (Lipinski definition) is 10. The minimum atomic E-state index is -1.12. The van der Waals surface area contributed by atoms with Crippen LogP contribution < -0.4 is 27.4 Å². The maximum atomic E-state index is 13.9.